The third kappa shape index (κ3) is 4.68. The van der Waals surface area contributed by atoms with E-state index in [9.17, 15) is 4.39 Å². The maximum Gasteiger partial charge on any atom is 0.146 e. The van der Waals surface area contributed by atoms with Crippen LogP contribution >= 0.6 is 11.3 Å². The van der Waals surface area contributed by atoms with Crippen molar-refractivity contribution in [2.45, 2.75) is 20.3 Å². The average Bonchev–Trinajstić information content (AvgIpc) is 3.51. The van der Waals surface area contributed by atoms with Gasteiger partial charge in [0, 0.05) is 41.2 Å². The molecular weight excluding hydrogens is 457 g/mol. The lowest BCUT2D eigenvalue weighted by molar-refractivity contribution is 0.631. The molecular formula is C28H26FN5S. The van der Waals surface area contributed by atoms with Crippen molar-refractivity contribution in [3.63, 3.8) is 0 Å². The van der Waals surface area contributed by atoms with Crippen LogP contribution in [0.5, 0.6) is 0 Å². The molecule has 0 saturated heterocycles. The lowest BCUT2D eigenvalue weighted by atomic mass is 9.99. The number of pyridine rings is 2. The summed E-state index contributed by atoms with van der Waals surface area (Å²) in [6, 6.07) is 11.5. The number of H-pyrrole nitrogens is 1. The summed E-state index contributed by atoms with van der Waals surface area (Å²) in [5.41, 5.74) is 14.2. The van der Waals surface area contributed by atoms with Crippen molar-refractivity contribution in [2.24, 2.45) is 5.92 Å². The van der Waals surface area contributed by atoms with Crippen molar-refractivity contribution in [2.75, 3.05) is 11.1 Å². The smallest absolute Gasteiger partial charge is 0.146 e. The number of benzene rings is 1. The van der Waals surface area contributed by atoms with E-state index < -0.39 is 5.82 Å². The van der Waals surface area contributed by atoms with Crippen LogP contribution in [0.25, 0.3) is 33.3 Å². The molecule has 4 N–H and O–H groups in total. The summed E-state index contributed by atoms with van der Waals surface area (Å²) in [6.45, 7) is 8.19. The predicted octanol–water partition coefficient (Wildman–Crippen LogP) is 7.25. The summed E-state index contributed by atoms with van der Waals surface area (Å²) in [6.07, 6.45) is 5.70. The van der Waals surface area contributed by atoms with Gasteiger partial charge in [0.15, 0.2) is 0 Å². The zero-order valence-corrected chi connectivity index (χ0v) is 20.4. The standard InChI is InChI=1S/C28H26FN5S/c1-16(2)17(3)33-23-10-21(13-31-14-23)19-8-20(27(30)26(29)11-19)9-22-12-25-24(18-5-7-35-15-18)4-6-32-28(25)34-22/h4-8,10-16,33H,3,9,30H2,1-2H3,(H,32,34). The number of halogens is 1. The maximum absolute atomic E-state index is 14.9. The number of thiophene rings is 1. The molecule has 35 heavy (non-hydrogen) atoms. The van der Waals surface area contributed by atoms with E-state index in [2.05, 4.69) is 63.6 Å². The van der Waals surface area contributed by atoms with Gasteiger partial charge in [-0.05, 0) is 75.3 Å². The Kier molecular flexibility index (Phi) is 6.09. The van der Waals surface area contributed by atoms with Crippen molar-refractivity contribution in [1.29, 1.82) is 0 Å². The topological polar surface area (TPSA) is 79.6 Å². The van der Waals surface area contributed by atoms with E-state index in [1.54, 1.807) is 29.9 Å². The SMILES string of the molecule is C=C(Nc1cncc(-c2cc(F)c(N)c(Cc3cc4c(-c5ccsc5)ccnc4[nH]3)c2)c1)C(C)C. The average molecular weight is 484 g/mol. The Morgan fingerprint density at radius 1 is 1.14 bits per heavy atom. The monoisotopic (exact) mass is 483 g/mol. The van der Waals surface area contributed by atoms with Crippen LogP contribution in [-0.4, -0.2) is 15.0 Å². The molecule has 4 heterocycles. The van der Waals surface area contributed by atoms with E-state index in [1.165, 1.54) is 6.07 Å². The molecule has 0 saturated carbocycles. The number of nitrogen functional groups attached to an aromatic ring is 1. The van der Waals surface area contributed by atoms with Gasteiger partial charge >= 0.3 is 0 Å². The number of rotatable bonds is 7. The molecule has 0 amide bonds. The molecule has 0 bridgehead atoms. The van der Waals surface area contributed by atoms with E-state index in [0.717, 1.165) is 44.8 Å². The Labute approximate surface area is 207 Å². The van der Waals surface area contributed by atoms with Crippen molar-refractivity contribution >= 4 is 33.7 Å². The molecule has 0 fully saturated rings. The van der Waals surface area contributed by atoms with Gasteiger partial charge in [-0.2, -0.15) is 11.3 Å². The number of nitrogens with two attached hydrogens (primary N) is 1. The van der Waals surface area contributed by atoms with Gasteiger partial charge in [-0.25, -0.2) is 9.37 Å². The van der Waals surface area contributed by atoms with Crippen molar-refractivity contribution < 1.29 is 4.39 Å². The van der Waals surface area contributed by atoms with Crippen molar-refractivity contribution in [3.8, 4) is 22.3 Å². The van der Waals surface area contributed by atoms with Gasteiger partial charge in [-0.3, -0.25) is 4.98 Å². The van der Waals surface area contributed by atoms with Crippen molar-refractivity contribution in [3.05, 3.63) is 95.1 Å². The number of aromatic amines is 1. The molecule has 5 nitrogen and oxygen atoms in total. The number of hydrogen-bond acceptors (Lipinski definition) is 5. The quantitative estimate of drug-likeness (QED) is 0.213. The highest BCUT2D eigenvalue weighted by atomic mass is 32.1. The van der Waals surface area contributed by atoms with Gasteiger partial charge in [0.1, 0.15) is 11.5 Å². The molecule has 176 valence electrons. The zero-order chi connectivity index (χ0) is 24.5. The van der Waals surface area contributed by atoms with Crippen LogP contribution in [0.3, 0.4) is 0 Å². The third-order valence-electron chi connectivity index (χ3n) is 6.09. The molecule has 0 aliphatic heterocycles. The Bertz CT molecular complexity index is 1520. The van der Waals surface area contributed by atoms with Crippen molar-refractivity contribution in [1.82, 2.24) is 15.0 Å². The fourth-order valence-electron chi connectivity index (χ4n) is 4.03. The molecule has 1 aromatic carbocycles. The van der Waals surface area contributed by atoms with Crippen LogP contribution in [-0.2, 0) is 6.42 Å². The van der Waals surface area contributed by atoms with Crippen LogP contribution in [0.1, 0.15) is 25.1 Å². The number of nitrogens with zero attached hydrogens (tertiary/aromatic N) is 2. The Balaban J connectivity index is 1.49. The molecule has 0 radical (unpaired) electrons. The van der Waals surface area contributed by atoms with E-state index in [0.29, 0.717) is 17.5 Å². The van der Waals surface area contributed by atoms with Gasteiger partial charge in [0.05, 0.1) is 17.6 Å². The van der Waals surface area contributed by atoms with Crippen LogP contribution in [0, 0.1) is 11.7 Å². The molecule has 0 unspecified atom stereocenters. The summed E-state index contributed by atoms with van der Waals surface area (Å²) in [5.74, 6) is -0.166. The first-order chi connectivity index (χ1) is 16.9. The zero-order valence-electron chi connectivity index (χ0n) is 19.6. The number of aromatic nitrogens is 3. The number of hydrogen-bond donors (Lipinski definition) is 3. The molecule has 0 aliphatic carbocycles. The molecule has 5 rings (SSSR count). The van der Waals surface area contributed by atoms with Crippen LogP contribution in [0.15, 0.2) is 78.0 Å². The summed E-state index contributed by atoms with van der Waals surface area (Å²) >= 11 is 1.66. The second-order valence-corrected chi connectivity index (χ2v) is 9.68. The maximum atomic E-state index is 14.9. The Morgan fingerprint density at radius 3 is 2.77 bits per heavy atom. The van der Waals surface area contributed by atoms with Gasteiger partial charge in [0.25, 0.3) is 0 Å². The summed E-state index contributed by atoms with van der Waals surface area (Å²) in [7, 11) is 0. The Morgan fingerprint density at radius 2 is 2.00 bits per heavy atom. The first-order valence-electron chi connectivity index (χ1n) is 11.4. The largest absolute Gasteiger partial charge is 0.396 e. The van der Waals surface area contributed by atoms with E-state index in [-0.39, 0.29) is 11.6 Å². The van der Waals surface area contributed by atoms with Gasteiger partial charge in [0.2, 0.25) is 0 Å². The number of nitrogens with one attached hydrogen (secondary N) is 2. The Hall–Kier alpha value is -3.97. The first-order valence-corrected chi connectivity index (χ1v) is 12.3. The fraction of sp³-hybridized carbons (Fsp3) is 0.143. The second kappa shape index (κ2) is 9.35. The highest BCUT2D eigenvalue weighted by molar-refractivity contribution is 7.08. The minimum absolute atomic E-state index is 0.147. The van der Waals surface area contributed by atoms with E-state index in [1.807, 2.05) is 18.2 Å². The van der Waals surface area contributed by atoms with Gasteiger partial charge < -0.3 is 16.0 Å². The van der Waals surface area contributed by atoms with Gasteiger partial charge in [-0.15, -0.1) is 0 Å². The molecule has 4 aromatic heterocycles. The van der Waals surface area contributed by atoms with E-state index in [4.69, 9.17) is 5.73 Å². The first kappa shape index (κ1) is 22.8. The summed E-state index contributed by atoms with van der Waals surface area (Å²) in [4.78, 5) is 12.2. The lowest BCUT2D eigenvalue weighted by Gasteiger charge is -2.14. The molecule has 0 aliphatic rings. The minimum atomic E-state index is -0.448. The highest BCUT2D eigenvalue weighted by Gasteiger charge is 2.14. The van der Waals surface area contributed by atoms with E-state index >= 15 is 0 Å². The summed E-state index contributed by atoms with van der Waals surface area (Å²) in [5, 5.41) is 8.48. The van der Waals surface area contributed by atoms with Gasteiger partial charge in [-0.1, -0.05) is 20.4 Å². The van der Waals surface area contributed by atoms with Crippen LogP contribution in [0.2, 0.25) is 0 Å². The fourth-order valence-corrected chi connectivity index (χ4v) is 4.69. The molecule has 5 aromatic rings. The molecule has 0 atom stereocenters. The highest BCUT2D eigenvalue weighted by Crippen LogP contribution is 2.32. The van der Waals surface area contributed by atoms with Crippen LogP contribution in [0.4, 0.5) is 15.8 Å². The summed E-state index contributed by atoms with van der Waals surface area (Å²) < 4.78 is 14.9. The number of anilines is 2. The lowest BCUT2D eigenvalue weighted by Crippen LogP contribution is -2.05. The number of fused-ring (bicyclic) bond motifs is 1. The second-order valence-electron chi connectivity index (χ2n) is 8.90. The normalized spacial score (nSPS) is 11.3. The number of allylic oxidation sites excluding steroid dienone is 1. The molecule has 7 heteroatoms. The van der Waals surface area contributed by atoms with Crippen LogP contribution < -0.4 is 11.1 Å². The molecule has 0 spiro atoms. The predicted molar refractivity (Wildman–Crippen MR) is 144 cm³/mol. The minimum Gasteiger partial charge on any atom is -0.396 e. The third-order valence-corrected chi connectivity index (χ3v) is 6.77.